The quantitative estimate of drug-likeness (QED) is 0.172. The Morgan fingerprint density at radius 3 is 1.61 bits per heavy atom. The van der Waals surface area contributed by atoms with Gasteiger partial charge in [-0.25, -0.2) is 0 Å². The average Bonchev–Trinajstić information content (AvgIpc) is 4.03. The van der Waals surface area contributed by atoms with Crippen LogP contribution < -0.4 is 5.32 Å². The molecule has 3 fully saturated rings. The van der Waals surface area contributed by atoms with Crippen LogP contribution in [0.5, 0.6) is 0 Å². The highest BCUT2D eigenvalue weighted by atomic mass is 16.5. The predicted octanol–water partition coefficient (Wildman–Crippen LogP) is 9.47. The van der Waals surface area contributed by atoms with E-state index in [1.54, 1.807) is 0 Å². The third-order valence-corrected chi connectivity index (χ3v) is 10.7. The summed E-state index contributed by atoms with van der Waals surface area (Å²) in [5, 5.41) is 3.49. The zero-order valence-electron chi connectivity index (χ0n) is 38.1. The van der Waals surface area contributed by atoms with E-state index in [1.807, 2.05) is 0 Å². The summed E-state index contributed by atoms with van der Waals surface area (Å²) in [7, 11) is 6.35. The van der Waals surface area contributed by atoms with Crippen molar-refractivity contribution in [3.63, 3.8) is 0 Å². The third kappa shape index (κ3) is 17.9. The number of hydrogen-bond donors (Lipinski definition) is 1. The van der Waals surface area contributed by atoms with Gasteiger partial charge in [-0.2, -0.15) is 0 Å². The molecule has 2 atom stereocenters. The van der Waals surface area contributed by atoms with Crippen molar-refractivity contribution < 1.29 is 14.2 Å². The van der Waals surface area contributed by atoms with Crippen molar-refractivity contribution in [3.05, 3.63) is 87.8 Å². The second-order valence-electron chi connectivity index (χ2n) is 17.4. The van der Waals surface area contributed by atoms with Crippen LogP contribution in [-0.4, -0.2) is 105 Å². The smallest absolute Gasteiger partial charge is 0.0580 e. The lowest BCUT2D eigenvalue weighted by Gasteiger charge is -2.17. The van der Waals surface area contributed by atoms with Crippen LogP contribution in [0.15, 0.2) is 42.5 Å². The lowest BCUT2D eigenvalue weighted by atomic mass is 9.94. The number of pyridine rings is 3. The first-order valence-corrected chi connectivity index (χ1v) is 22.0. The fourth-order valence-electron chi connectivity index (χ4n) is 6.78. The predicted molar refractivity (Wildman–Crippen MR) is 238 cm³/mol. The van der Waals surface area contributed by atoms with Crippen LogP contribution in [0.3, 0.4) is 0 Å². The van der Waals surface area contributed by atoms with E-state index in [2.05, 4.69) is 146 Å². The monoisotopic (exact) mass is 789 g/mol. The van der Waals surface area contributed by atoms with Crippen molar-refractivity contribution in [2.45, 2.75) is 143 Å². The number of nitrogens with zero attached hydrogens (tertiary/aromatic N) is 5. The van der Waals surface area contributed by atoms with E-state index in [4.69, 9.17) is 24.2 Å². The number of ether oxygens (including phenoxy) is 3. The second kappa shape index (κ2) is 26.3. The molecule has 6 rings (SSSR count). The first kappa shape index (κ1) is 48.6. The van der Waals surface area contributed by atoms with Crippen LogP contribution in [-0.2, 0) is 33.7 Å². The van der Waals surface area contributed by atoms with Crippen molar-refractivity contribution in [3.8, 4) is 0 Å². The summed E-state index contributed by atoms with van der Waals surface area (Å²) in [6.07, 6.45) is 5.84. The Balaban J connectivity index is 0.000000217. The van der Waals surface area contributed by atoms with Crippen LogP contribution in [0.1, 0.15) is 163 Å². The summed E-state index contributed by atoms with van der Waals surface area (Å²) in [4.78, 5) is 18.9. The van der Waals surface area contributed by atoms with E-state index in [1.165, 1.54) is 58.1 Å². The van der Waals surface area contributed by atoms with Gasteiger partial charge in [0.15, 0.2) is 0 Å². The molecule has 0 bridgehead atoms. The van der Waals surface area contributed by atoms with Gasteiger partial charge < -0.3 is 29.3 Å². The molecule has 1 N–H and O–H groups in total. The molecule has 0 aliphatic carbocycles. The molecule has 3 aromatic heterocycles. The maximum Gasteiger partial charge on any atom is 0.0580 e. The van der Waals surface area contributed by atoms with Gasteiger partial charge in [0.2, 0.25) is 0 Å². The zero-order valence-corrected chi connectivity index (χ0v) is 38.1. The van der Waals surface area contributed by atoms with Gasteiger partial charge in [-0.15, -0.1) is 0 Å². The van der Waals surface area contributed by atoms with Crippen LogP contribution in [0.2, 0.25) is 0 Å². The fourth-order valence-corrected chi connectivity index (χ4v) is 6.78. The molecule has 6 heterocycles. The first-order chi connectivity index (χ1) is 27.3. The number of rotatable bonds is 14. The summed E-state index contributed by atoms with van der Waals surface area (Å²) < 4.78 is 16.0. The van der Waals surface area contributed by atoms with Crippen LogP contribution in [0, 0.1) is 0 Å². The fraction of sp³-hybridized carbons (Fsp3) is 0.688. The summed E-state index contributed by atoms with van der Waals surface area (Å²) in [6, 6.07) is 15.7. The lowest BCUT2D eigenvalue weighted by molar-refractivity contribution is 0.193. The zero-order chi connectivity index (χ0) is 41.7. The Morgan fingerprint density at radius 1 is 0.649 bits per heavy atom. The molecule has 0 radical (unpaired) electrons. The summed E-state index contributed by atoms with van der Waals surface area (Å²) in [5.41, 5.74) is 10.00. The summed E-state index contributed by atoms with van der Waals surface area (Å²) in [6.45, 7) is 29.0. The minimum atomic E-state index is 0.478. The van der Waals surface area contributed by atoms with Crippen LogP contribution >= 0.6 is 0 Å². The molecule has 3 saturated heterocycles. The Kier molecular flexibility index (Phi) is 22.4. The molecule has 9 heteroatoms. The molecular weight excluding hydrogens is 709 g/mol. The highest BCUT2D eigenvalue weighted by Gasteiger charge is 2.23. The Labute approximate surface area is 348 Å². The molecule has 3 aliphatic heterocycles. The summed E-state index contributed by atoms with van der Waals surface area (Å²) in [5.74, 6) is 2.56. The molecule has 2 unspecified atom stereocenters. The van der Waals surface area contributed by atoms with Crippen LogP contribution in [0.4, 0.5) is 0 Å². The van der Waals surface area contributed by atoms with Gasteiger partial charge in [0.1, 0.15) is 0 Å². The number of hydrogen-bond acceptors (Lipinski definition) is 9. The van der Waals surface area contributed by atoms with Gasteiger partial charge in [-0.05, 0) is 107 Å². The lowest BCUT2D eigenvalue weighted by Crippen LogP contribution is -2.24. The van der Waals surface area contributed by atoms with Gasteiger partial charge in [0.05, 0.1) is 24.6 Å². The SMILES string of the molecule is C1CCOC1.CC(C)NCc1nc(C(C)C)ccc1C1CCOC1.CC(C)c1ccc(C2CCOC2)c(CCN(C)C)n1.CCN(C)Cc1cccc(C(C)C)n1. The van der Waals surface area contributed by atoms with Crippen molar-refractivity contribution in [1.82, 2.24) is 30.1 Å². The molecule has 0 saturated carbocycles. The molecule has 3 aliphatic rings. The third-order valence-electron chi connectivity index (χ3n) is 10.7. The van der Waals surface area contributed by atoms with Gasteiger partial charge >= 0.3 is 0 Å². The first-order valence-electron chi connectivity index (χ1n) is 22.0. The van der Waals surface area contributed by atoms with Crippen molar-refractivity contribution in [2.75, 3.05) is 73.9 Å². The van der Waals surface area contributed by atoms with Crippen molar-refractivity contribution >= 4 is 0 Å². The molecule has 0 aromatic carbocycles. The normalized spacial score (nSPS) is 17.9. The number of nitrogens with one attached hydrogen (secondary N) is 1. The molecule has 0 amide bonds. The standard InChI is InChI=1S/2C16H26N2O.C12H20N2.C4H8O/c1-12(2)15-6-5-14(13-8-10-19-11-13)16(17-15)7-9-18(3)4;1-11(2)15-6-5-14(13-7-8-19-10-13)16(18-15)9-17-12(3)4;1-5-14(4)9-11-7-6-8-12(13-11)10(2)3;1-2-4-5-3-1/h5-6,12-13H,7-11H2,1-4H3;5-6,11-13,17H,7-10H2,1-4H3;6-8,10H,5,9H2,1-4H3;1-4H2. The summed E-state index contributed by atoms with van der Waals surface area (Å²) >= 11 is 0. The molecular formula is C48H80N6O3. The van der Waals surface area contributed by atoms with E-state index in [-0.39, 0.29) is 0 Å². The molecule has 3 aromatic rings. The van der Waals surface area contributed by atoms with Gasteiger partial charge in [0, 0.05) is 93.1 Å². The number of aromatic nitrogens is 3. The van der Waals surface area contributed by atoms with E-state index >= 15 is 0 Å². The highest BCUT2D eigenvalue weighted by molar-refractivity contribution is 5.30. The van der Waals surface area contributed by atoms with Crippen LogP contribution in [0.25, 0.3) is 0 Å². The topological polar surface area (TPSA) is 84.9 Å². The van der Waals surface area contributed by atoms with Crippen molar-refractivity contribution in [2.24, 2.45) is 0 Å². The minimum absolute atomic E-state index is 0.478. The highest BCUT2D eigenvalue weighted by Crippen LogP contribution is 2.30. The van der Waals surface area contributed by atoms with Gasteiger partial charge in [-0.1, -0.05) is 80.5 Å². The molecule has 57 heavy (non-hydrogen) atoms. The molecule has 0 spiro atoms. The average molecular weight is 789 g/mol. The van der Waals surface area contributed by atoms with Crippen molar-refractivity contribution in [1.29, 1.82) is 0 Å². The Morgan fingerprint density at radius 2 is 1.18 bits per heavy atom. The maximum atomic E-state index is 5.53. The Hall–Kier alpha value is -2.79. The molecule has 320 valence electrons. The van der Waals surface area contributed by atoms with E-state index in [0.717, 1.165) is 85.1 Å². The number of likely N-dealkylation sites (N-methyl/N-ethyl adjacent to an activating group) is 1. The van der Waals surface area contributed by atoms with E-state index in [0.29, 0.717) is 35.6 Å². The minimum Gasteiger partial charge on any atom is -0.381 e. The van der Waals surface area contributed by atoms with Gasteiger partial charge in [-0.3, -0.25) is 15.0 Å². The maximum absolute atomic E-state index is 5.53. The van der Waals surface area contributed by atoms with E-state index < -0.39 is 0 Å². The molecule has 9 nitrogen and oxygen atoms in total. The Bertz CT molecular complexity index is 1440. The largest absolute Gasteiger partial charge is 0.381 e. The van der Waals surface area contributed by atoms with Gasteiger partial charge in [0.25, 0.3) is 0 Å². The van der Waals surface area contributed by atoms with E-state index in [9.17, 15) is 0 Å². The second-order valence-corrected chi connectivity index (χ2v) is 17.4.